The van der Waals surface area contributed by atoms with Gasteiger partial charge in [0, 0.05) is 18.9 Å². The van der Waals surface area contributed by atoms with E-state index in [1.165, 1.54) is 6.42 Å². The van der Waals surface area contributed by atoms with Crippen molar-refractivity contribution in [1.82, 2.24) is 5.32 Å². The number of carbonyl (C=O) groups is 2. The Hall–Kier alpha value is -0.810. The van der Waals surface area contributed by atoms with Crippen LogP contribution in [0.4, 0.5) is 0 Å². The maximum Gasteiger partial charge on any atom is 0.303 e. The summed E-state index contributed by atoms with van der Waals surface area (Å²) < 4.78 is 0. The first-order valence-electron chi connectivity index (χ1n) is 9.34. The molecule has 0 aliphatic heterocycles. The van der Waals surface area contributed by atoms with Crippen LogP contribution in [-0.2, 0) is 9.59 Å². The lowest BCUT2D eigenvalue weighted by Crippen LogP contribution is -2.39. The summed E-state index contributed by atoms with van der Waals surface area (Å²) in [6.45, 7) is 1.39. The number of nitrogens with one attached hydrogen (secondary N) is 1. The molecule has 0 aromatic rings. The van der Waals surface area contributed by atoms with E-state index >= 15 is 0 Å². The Kier molecular flexibility index (Phi) is 14.0. The van der Waals surface area contributed by atoms with Gasteiger partial charge in [-0.15, -0.1) is 12.4 Å². The first kappa shape index (κ1) is 23.2. The first-order chi connectivity index (χ1) is 11.1. The average Bonchev–Trinajstić information content (AvgIpc) is 2.56. The zero-order chi connectivity index (χ0) is 16.9. The molecule has 0 aromatic heterocycles. The molecule has 2 atom stereocenters. The molecule has 1 aliphatic rings. The van der Waals surface area contributed by atoms with Crippen LogP contribution in [0.2, 0.25) is 0 Å². The number of unbranched alkanes of at least 4 members (excludes halogenated alkanes) is 6. The quantitative estimate of drug-likeness (QED) is 0.463. The van der Waals surface area contributed by atoms with Gasteiger partial charge < -0.3 is 16.2 Å². The van der Waals surface area contributed by atoms with Crippen molar-refractivity contribution < 1.29 is 14.7 Å². The van der Waals surface area contributed by atoms with Gasteiger partial charge in [0.25, 0.3) is 0 Å². The minimum atomic E-state index is -0.699. The maximum absolute atomic E-state index is 12.2. The molecule has 0 aromatic carbocycles. The van der Waals surface area contributed by atoms with Crippen molar-refractivity contribution >= 4 is 24.3 Å². The summed E-state index contributed by atoms with van der Waals surface area (Å²) in [5, 5.41) is 11.6. The number of nitrogens with two attached hydrogens (primary N) is 1. The van der Waals surface area contributed by atoms with Gasteiger partial charge in [0.05, 0.1) is 0 Å². The molecule has 0 saturated heterocycles. The molecule has 1 rings (SSSR count). The number of carboxylic acids is 1. The highest BCUT2D eigenvalue weighted by Crippen LogP contribution is 2.29. The van der Waals surface area contributed by atoms with Gasteiger partial charge in [-0.2, -0.15) is 0 Å². The van der Waals surface area contributed by atoms with Crippen molar-refractivity contribution in [3.63, 3.8) is 0 Å². The Balaban J connectivity index is 0.00000529. The van der Waals surface area contributed by atoms with E-state index in [4.69, 9.17) is 10.8 Å². The summed E-state index contributed by atoms with van der Waals surface area (Å²) in [5.41, 5.74) is 5.78. The molecule has 1 aliphatic carbocycles. The summed E-state index contributed by atoms with van der Waals surface area (Å²) in [7, 11) is 0. The lowest BCUT2D eigenvalue weighted by molar-refractivity contribution is -0.137. The van der Waals surface area contributed by atoms with Gasteiger partial charge in [-0.1, -0.05) is 44.9 Å². The third-order valence-electron chi connectivity index (χ3n) is 4.92. The highest BCUT2D eigenvalue weighted by atomic mass is 35.5. The molecule has 24 heavy (non-hydrogen) atoms. The van der Waals surface area contributed by atoms with Crippen molar-refractivity contribution in [1.29, 1.82) is 0 Å². The number of amides is 1. The van der Waals surface area contributed by atoms with Crippen LogP contribution in [-0.4, -0.2) is 30.1 Å². The fourth-order valence-corrected chi connectivity index (χ4v) is 3.46. The third-order valence-corrected chi connectivity index (χ3v) is 4.92. The van der Waals surface area contributed by atoms with E-state index in [-0.39, 0.29) is 30.7 Å². The number of hydrogen-bond donors (Lipinski definition) is 3. The zero-order valence-corrected chi connectivity index (χ0v) is 15.6. The van der Waals surface area contributed by atoms with Crippen LogP contribution in [0.5, 0.6) is 0 Å². The number of hydrogen-bond acceptors (Lipinski definition) is 3. The smallest absolute Gasteiger partial charge is 0.303 e. The van der Waals surface area contributed by atoms with Crippen LogP contribution in [0.3, 0.4) is 0 Å². The second-order valence-electron chi connectivity index (χ2n) is 6.80. The van der Waals surface area contributed by atoms with Gasteiger partial charge in [-0.3, -0.25) is 9.59 Å². The van der Waals surface area contributed by atoms with Crippen LogP contribution in [0, 0.1) is 11.8 Å². The van der Waals surface area contributed by atoms with E-state index in [2.05, 4.69) is 5.32 Å². The fourth-order valence-electron chi connectivity index (χ4n) is 3.46. The van der Waals surface area contributed by atoms with E-state index in [0.717, 1.165) is 70.8 Å². The summed E-state index contributed by atoms with van der Waals surface area (Å²) >= 11 is 0. The van der Waals surface area contributed by atoms with E-state index in [9.17, 15) is 9.59 Å². The topological polar surface area (TPSA) is 92.4 Å². The molecule has 0 spiro atoms. The van der Waals surface area contributed by atoms with Crippen molar-refractivity contribution in [2.24, 2.45) is 17.6 Å². The number of carboxylic acid groups (broad SMARTS) is 1. The lowest BCUT2D eigenvalue weighted by atomic mass is 9.79. The van der Waals surface area contributed by atoms with Gasteiger partial charge in [-0.05, 0) is 38.1 Å². The Morgan fingerprint density at radius 2 is 1.54 bits per heavy atom. The van der Waals surface area contributed by atoms with Crippen molar-refractivity contribution in [3.05, 3.63) is 0 Å². The third kappa shape index (κ3) is 10.1. The van der Waals surface area contributed by atoms with Gasteiger partial charge in [0.15, 0.2) is 0 Å². The highest BCUT2D eigenvalue weighted by molar-refractivity contribution is 5.85. The van der Waals surface area contributed by atoms with E-state index in [0.29, 0.717) is 12.5 Å². The molecule has 1 saturated carbocycles. The average molecular weight is 363 g/mol. The summed E-state index contributed by atoms with van der Waals surface area (Å²) in [6, 6.07) is 0. The predicted octanol–water partition coefficient (Wildman–Crippen LogP) is 3.49. The number of aliphatic carboxylic acids is 1. The molecule has 2 unspecified atom stereocenters. The minimum Gasteiger partial charge on any atom is -0.481 e. The molecule has 1 amide bonds. The Morgan fingerprint density at radius 3 is 2.17 bits per heavy atom. The van der Waals surface area contributed by atoms with Crippen LogP contribution >= 0.6 is 12.4 Å². The number of carbonyl (C=O) groups excluding carboxylic acids is 1. The van der Waals surface area contributed by atoms with Crippen LogP contribution in [0.1, 0.15) is 77.0 Å². The first-order valence-corrected chi connectivity index (χ1v) is 9.34. The lowest BCUT2D eigenvalue weighted by Gasteiger charge is -2.29. The van der Waals surface area contributed by atoms with Gasteiger partial charge in [-0.25, -0.2) is 0 Å². The largest absolute Gasteiger partial charge is 0.481 e. The molecule has 0 bridgehead atoms. The molecule has 142 valence electrons. The molecule has 5 nitrogen and oxygen atoms in total. The summed E-state index contributed by atoms with van der Waals surface area (Å²) in [4.78, 5) is 22.6. The Bertz CT molecular complexity index is 353. The van der Waals surface area contributed by atoms with E-state index in [1.807, 2.05) is 0 Å². The second-order valence-corrected chi connectivity index (χ2v) is 6.80. The molecule has 0 heterocycles. The molecule has 0 radical (unpaired) electrons. The summed E-state index contributed by atoms with van der Waals surface area (Å²) in [6.07, 6.45) is 12.1. The zero-order valence-electron chi connectivity index (χ0n) is 14.8. The summed E-state index contributed by atoms with van der Waals surface area (Å²) in [5.74, 6) is 0.00180. The maximum atomic E-state index is 12.2. The van der Waals surface area contributed by atoms with Crippen LogP contribution < -0.4 is 11.1 Å². The molecular formula is C18H35ClN2O3. The monoisotopic (exact) mass is 362 g/mol. The highest BCUT2D eigenvalue weighted by Gasteiger charge is 2.29. The van der Waals surface area contributed by atoms with Crippen LogP contribution in [0.25, 0.3) is 0 Å². The van der Waals surface area contributed by atoms with Gasteiger partial charge >= 0.3 is 5.97 Å². The van der Waals surface area contributed by atoms with Crippen LogP contribution in [0.15, 0.2) is 0 Å². The number of rotatable bonds is 12. The number of halogens is 1. The normalized spacial score (nSPS) is 20.2. The van der Waals surface area contributed by atoms with Crippen molar-refractivity contribution in [2.45, 2.75) is 77.0 Å². The van der Waals surface area contributed by atoms with Gasteiger partial charge in [0.2, 0.25) is 5.91 Å². The van der Waals surface area contributed by atoms with E-state index < -0.39 is 5.97 Å². The predicted molar refractivity (Wildman–Crippen MR) is 99.3 cm³/mol. The van der Waals surface area contributed by atoms with Crippen molar-refractivity contribution in [2.75, 3.05) is 13.1 Å². The van der Waals surface area contributed by atoms with E-state index in [1.54, 1.807) is 0 Å². The molecule has 1 fully saturated rings. The van der Waals surface area contributed by atoms with Crippen molar-refractivity contribution in [3.8, 4) is 0 Å². The molecule has 6 heteroatoms. The molecule has 4 N–H and O–H groups in total. The minimum absolute atomic E-state index is 0. The standard InChI is InChI=1S/C18H34N2O3.ClH/c19-14-15-10-7-8-11-16(15)18(23)20-13-9-5-3-1-2-4-6-12-17(21)22;/h15-16H,1-14,19H2,(H,20,23)(H,21,22);1H. The Morgan fingerprint density at radius 1 is 0.958 bits per heavy atom. The SMILES string of the molecule is Cl.NCC1CCCCC1C(=O)NCCCCCCCCCC(=O)O. The Labute approximate surface area is 152 Å². The second kappa shape index (κ2) is 14.5. The van der Waals surface area contributed by atoms with Gasteiger partial charge in [0.1, 0.15) is 0 Å². The fraction of sp³-hybridized carbons (Fsp3) is 0.889. The molecular weight excluding hydrogens is 328 g/mol.